The van der Waals surface area contributed by atoms with Gasteiger partial charge in [-0.2, -0.15) is 0 Å². The average Bonchev–Trinajstić information content (AvgIpc) is 3.03. The lowest BCUT2D eigenvalue weighted by Gasteiger charge is -1.99. The lowest BCUT2D eigenvalue weighted by atomic mass is 10.0. The molecule has 0 bridgehead atoms. The van der Waals surface area contributed by atoms with E-state index >= 15 is 0 Å². The quantitative estimate of drug-likeness (QED) is 0.540. The van der Waals surface area contributed by atoms with Gasteiger partial charge in [-0.1, -0.05) is 60.7 Å². The monoisotopic (exact) mass is 333 g/mol. The number of rotatable bonds is 8. The standard InChI is InChI=1S/C22H27N3/c23-15-5-1-3-9-17-11-7-13-19-20-14-8-12-18(10-4-2-6-16-24)22(20)25-21(17)19/h1-4,7-8,11-14,25H,5-6,9-10,15-16,23-24H2/b3-1-,4-2-. The van der Waals surface area contributed by atoms with Crippen molar-refractivity contribution in [1.82, 2.24) is 4.98 Å². The zero-order chi connectivity index (χ0) is 17.5. The van der Waals surface area contributed by atoms with Gasteiger partial charge in [0.15, 0.2) is 0 Å². The maximum Gasteiger partial charge on any atom is 0.0500 e. The van der Waals surface area contributed by atoms with E-state index in [1.54, 1.807) is 0 Å². The van der Waals surface area contributed by atoms with E-state index in [9.17, 15) is 0 Å². The Morgan fingerprint density at radius 2 is 1.16 bits per heavy atom. The van der Waals surface area contributed by atoms with Gasteiger partial charge in [0.05, 0.1) is 11.0 Å². The summed E-state index contributed by atoms with van der Waals surface area (Å²) in [4.78, 5) is 3.68. The number of hydrogen-bond donors (Lipinski definition) is 3. The number of nitrogens with two attached hydrogens (primary N) is 2. The molecule has 0 saturated carbocycles. The first-order valence-electron chi connectivity index (χ1n) is 9.06. The van der Waals surface area contributed by atoms with Crippen molar-refractivity contribution in [2.45, 2.75) is 25.7 Å². The molecule has 0 aliphatic carbocycles. The number of para-hydroxylation sites is 2. The topological polar surface area (TPSA) is 67.8 Å². The van der Waals surface area contributed by atoms with E-state index < -0.39 is 0 Å². The van der Waals surface area contributed by atoms with Gasteiger partial charge >= 0.3 is 0 Å². The number of allylic oxidation sites excluding steroid dienone is 2. The van der Waals surface area contributed by atoms with Gasteiger partial charge < -0.3 is 16.5 Å². The highest BCUT2D eigenvalue weighted by Gasteiger charge is 2.09. The summed E-state index contributed by atoms with van der Waals surface area (Å²) >= 11 is 0. The van der Waals surface area contributed by atoms with E-state index in [0.29, 0.717) is 13.1 Å². The van der Waals surface area contributed by atoms with Crippen molar-refractivity contribution in [3.05, 3.63) is 71.8 Å². The second-order valence-electron chi connectivity index (χ2n) is 6.31. The van der Waals surface area contributed by atoms with Crippen molar-refractivity contribution in [3.63, 3.8) is 0 Å². The van der Waals surface area contributed by atoms with Crippen LogP contribution in [0, 0.1) is 0 Å². The van der Waals surface area contributed by atoms with Crippen LogP contribution < -0.4 is 11.5 Å². The molecule has 0 amide bonds. The summed E-state index contributed by atoms with van der Waals surface area (Å²) in [5, 5.41) is 2.60. The van der Waals surface area contributed by atoms with Gasteiger partial charge in [-0.25, -0.2) is 0 Å². The summed E-state index contributed by atoms with van der Waals surface area (Å²) in [6.07, 6.45) is 12.5. The molecule has 0 aliphatic heterocycles. The van der Waals surface area contributed by atoms with Gasteiger partial charge in [-0.05, 0) is 49.9 Å². The first kappa shape index (κ1) is 17.5. The van der Waals surface area contributed by atoms with Crippen LogP contribution in [-0.2, 0) is 12.8 Å². The van der Waals surface area contributed by atoms with E-state index in [-0.39, 0.29) is 0 Å². The summed E-state index contributed by atoms with van der Waals surface area (Å²) in [6, 6.07) is 13.1. The normalized spacial score (nSPS) is 12.2. The minimum atomic E-state index is 0.703. The van der Waals surface area contributed by atoms with Gasteiger partial charge in [0.25, 0.3) is 0 Å². The fraction of sp³-hybridized carbons (Fsp3) is 0.273. The Morgan fingerprint density at radius 1 is 0.680 bits per heavy atom. The second-order valence-corrected chi connectivity index (χ2v) is 6.31. The van der Waals surface area contributed by atoms with Crippen LogP contribution in [0.3, 0.4) is 0 Å². The van der Waals surface area contributed by atoms with E-state index in [4.69, 9.17) is 11.5 Å². The van der Waals surface area contributed by atoms with Crippen molar-refractivity contribution in [1.29, 1.82) is 0 Å². The lowest BCUT2D eigenvalue weighted by Crippen LogP contribution is -1.95. The van der Waals surface area contributed by atoms with Crippen LogP contribution in [0.25, 0.3) is 21.8 Å². The van der Waals surface area contributed by atoms with Gasteiger partial charge in [-0.15, -0.1) is 0 Å². The molecule has 2 aromatic carbocycles. The minimum Gasteiger partial charge on any atom is -0.354 e. The van der Waals surface area contributed by atoms with E-state index in [0.717, 1.165) is 25.7 Å². The van der Waals surface area contributed by atoms with Crippen LogP contribution in [0.15, 0.2) is 60.7 Å². The van der Waals surface area contributed by atoms with Gasteiger partial charge in [0.1, 0.15) is 0 Å². The fourth-order valence-corrected chi connectivity index (χ4v) is 3.26. The maximum atomic E-state index is 5.56. The van der Waals surface area contributed by atoms with E-state index in [1.807, 2.05) is 0 Å². The lowest BCUT2D eigenvalue weighted by molar-refractivity contribution is 1.00. The molecule has 3 nitrogen and oxygen atoms in total. The van der Waals surface area contributed by atoms with Crippen molar-refractivity contribution in [2.24, 2.45) is 11.5 Å². The summed E-state index contributed by atoms with van der Waals surface area (Å²) in [5.74, 6) is 0. The number of fused-ring (bicyclic) bond motifs is 3. The molecule has 5 N–H and O–H groups in total. The maximum absolute atomic E-state index is 5.56. The zero-order valence-electron chi connectivity index (χ0n) is 14.7. The molecule has 3 aromatic rings. The van der Waals surface area contributed by atoms with Crippen LogP contribution in [0.2, 0.25) is 0 Å². The molecular weight excluding hydrogens is 306 g/mol. The third-order valence-corrected chi connectivity index (χ3v) is 4.52. The zero-order valence-corrected chi connectivity index (χ0v) is 14.7. The summed E-state index contributed by atoms with van der Waals surface area (Å²) in [5.41, 5.74) is 16.2. The Kier molecular flexibility index (Phi) is 6.04. The smallest absolute Gasteiger partial charge is 0.0500 e. The summed E-state index contributed by atoms with van der Waals surface area (Å²) in [7, 11) is 0. The SMILES string of the molecule is NCC/C=C\Cc1cccc2c1[nH]c1c(C/C=C\CCN)cccc12. The first-order chi connectivity index (χ1) is 12.3. The van der Waals surface area contributed by atoms with Crippen molar-refractivity contribution in [2.75, 3.05) is 13.1 Å². The molecule has 1 heterocycles. The van der Waals surface area contributed by atoms with Crippen LogP contribution in [0.5, 0.6) is 0 Å². The third kappa shape index (κ3) is 4.01. The van der Waals surface area contributed by atoms with E-state index in [2.05, 4.69) is 65.7 Å². The number of benzene rings is 2. The van der Waals surface area contributed by atoms with Gasteiger partial charge in [-0.3, -0.25) is 0 Å². The van der Waals surface area contributed by atoms with Crippen molar-refractivity contribution < 1.29 is 0 Å². The number of aromatic nitrogens is 1. The first-order valence-corrected chi connectivity index (χ1v) is 9.06. The largest absolute Gasteiger partial charge is 0.354 e. The Hall–Kier alpha value is -2.36. The summed E-state index contributed by atoms with van der Waals surface area (Å²) < 4.78 is 0. The van der Waals surface area contributed by atoms with Crippen LogP contribution in [0.4, 0.5) is 0 Å². The highest BCUT2D eigenvalue weighted by molar-refractivity contribution is 6.09. The van der Waals surface area contributed by atoms with Crippen LogP contribution in [0.1, 0.15) is 24.0 Å². The molecule has 25 heavy (non-hydrogen) atoms. The average molecular weight is 333 g/mol. The molecular formula is C22H27N3. The Bertz CT molecular complexity index is 815. The molecule has 0 unspecified atom stereocenters. The van der Waals surface area contributed by atoms with Gasteiger partial charge in [0.2, 0.25) is 0 Å². The Morgan fingerprint density at radius 3 is 1.60 bits per heavy atom. The highest BCUT2D eigenvalue weighted by Crippen LogP contribution is 2.30. The molecule has 0 saturated heterocycles. The van der Waals surface area contributed by atoms with Crippen molar-refractivity contribution in [3.8, 4) is 0 Å². The molecule has 1 aromatic heterocycles. The molecule has 0 radical (unpaired) electrons. The van der Waals surface area contributed by atoms with Crippen LogP contribution in [-0.4, -0.2) is 18.1 Å². The predicted octanol–water partition coefficient (Wildman–Crippen LogP) is 4.22. The highest BCUT2D eigenvalue weighted by atomic mass is 14.7. The Balaban J connectivity index is 1.97. The van der Waals surface area contributed by atoms with E-state index in [1.165, 1.54) is 32.9 Å². The number of hydrogen-bond acceptors (Lipinski definition) is 2. The molecule has 0 fully saturated rings. The fourth-order valence-electron chi connectivity index (χ4n) is 3.26. The molecule has 3 heteroatoms. The number of H-pyrrole nitrogens is 1. The molecule has 3 rings (SSSR count). The molecule has 0 atom stereocenters. The summed E-state index contributed by atoms with van der Waals surface area (Å²) in [6.45, 7) is 1.41. The second kappa shape index (κ2) is 8.65. The number of aromatic amines is 1. The van der Waals surface area contributed by atoms with Crippen molar-refractivity contribution >= 4 is 21.8 Å². The third-order valence-electron chi connectivity index (χ3n) is 4.52. The minimum absolute atomic E-state index is 0.703. The number of nitrogens with one attached hydrogen (secondary N) is 1. The van der Waals surface area contributed by atoms with Gasteiger partial charge in [0, 0.05) is 10.8 Å². The van der Waals surface area contributed by atoms with Crippen LogP contribution >= 0.6 is 0 Å². The molecule has 0 aliphatic rings. The Labute approximate surface area is 149 Å². The molecule has 0 spiro atoms. The predicted molar refractivity (Wildman–Crippen MR) is 109 cm³/mol. The molecule has 130 valence electrons.